The Hall–Kier alpha value is -3.33. The summed E-state index contributed by atoms with van der Waals surface area (Å²) in [6.07, 6.45) is 3.08. The van der Waals surface area contributed by atoms with Crippen molar-refractivity contribution < 1.29 is 4.79 Å². The van der Waals surface area contributed by atoms with E-state index in [9.17, 15) is 4.79 Å². The van der Waals surface area contributed by atoms with Gasteiger partial charge >= 0.3 is 0 Å². The smallest absolute Gasteiger partial charge is 0.241 e. The fourth-order valence-electron chi connectivity index (χ4n) is 2.75. The van der Waals surface area contributed by atoms with Gasteiger partial charge in [0.2, 0.25) is 5.91 Å². The monoisotopic (exact) mass is 342 g/mol. The number of carbonyl (C=O) groups is 1. The number of nitrogens with two attached hydrogens (primary N) is 1. The first-order chi connectivity index (χ1) is 12.5. The normalized spacial score (nSPS) is 10.8. The van der Waals surface area contributed by atoms with E-state index in [1.807, 2.05) is 24.3 Å². The lowest BCUT2D eigenvalue weighted by molar-refractivity contribution is -0.113. The van der Waals surface area contributed by atoms with Gasteiger partial charge in [-0.25, -0.2) is 0 Å². The molecule has 0 saturated carbocycles. The summed E-state index contributed by atoms with van der Waals surface area (Å²) in [5, 5.41) is 0. The van der Waals surface area contributed by atoms with E-state index in [1.54, 1.807) is 6.08 Å². The molecule has 0 atom stereocenters. The molecule has 0 fully saturated rings. The SMILES string of the molecule is Cc1ccc(N(c2ccc(C)cc2)c2ccc(/C=C\C(N)=O)cc2)cc1. The maximum Gasteiger partial charge on any atom is 0.241 e. The number of hydrogen-bond donors (Lipinski definition) is 1. The molecule has 1 amide bonds. The number of nitrogens with zero attached hydrogens (tertiary/aromatic N) is 1. The Balaban J connectivity index is 2.01. The lowest BCUT2D eigenvalue weighted by Gasteiger charge is -2.25. The molecule has 130 valence electrons. The van der Waals surface area contributed by atoms with Crippen LogP contribution in [0.1, 0.15) is 16.7 Å². The number of hydrogen-bond acceptors (Lipinski definition) is 2. The minimum absolute atomic E-state index is 0.449. The Morgan fingerprint density at radius 2 is 1.12 bits per heavy atom. The summed E-state index contributed by atoms with van der Waals surface area (Å²) in [5.74, 6) is -0.449. The average Bonchev–Trinajstić information content (AvgIpc) is 2.64. The van der Waals surface area contributed by atoms with E-state index >= 15 is 0 Å². The molecule has 2 N–H and O–H groups in total. The molecule has 0 aliphatic carbocycles. The molecule has 0 aliphatic heterocycles. The summed E-state index contributed by atoms with van der Waals surface area (Å²) >= 11 is 0. The second-order valence-electron chi connectivity index (χ2n) is 6.33. The van der Waals surface area contributed by atoms with Crippen LogP contribution in [0.4, 0.5) is 17.1 Å². The molecule has 0 unspecified atom stereocenters. The third-order valence-electron chi connectivity index (χ3n) is 4.18. The quantitative estimate of drug-likeness (QED) is 0.642. The highest BCUT2D eigenvalue weighted by Crippen LogP contribution is 2.34. The Morgan fingerprint density at radius 3 is 1.50 bits per heavy atom. The number of benzene rings is 3. The number of primary amides is 1. The molecule has 0 aromatic heterocycles. The lowest BCUT2D eigenvalue weighted by Crippen LogP contribution is -2.09. The van der Waals surface area contributed by atoms with Crippen LogP contribution in [0.2, 0.25) is 0 Å². The fourth-order valence-corrected chi connectivity index (χ4v) is 2.75. The largest absolute Gasteiger partial charge is 0.366 e. The van der Waals surface area contributed by atoms with Gasteiger partial charge in [-0.3, -0.25) is 4.79 Å². The van der Waals surface area contributed by atoms with Crippen molar-refractivity contribution in [3.05, 3.63) is 95.6 Å². The minimum Gasteiger partial charge on any atom is -0.366 e. The van der Waals surface area contributed by atoms with Crippen LogP contribution in [0.5, 0.6) is 0 Å². The van der Waals surface area contributed by atoms with Crippen molar-refractivity contribution in [2.45, 2.75) is 13.8 Å². The number of aryl methyl sites for hydroxylation is 2. The van der Waals surface area contributed by atoms with E-state index in [-0.39, 0.29) is 0 Å². The van der Waals surface area contributed by atoms with Crippen LogP contribution < -0.4 is 10.6 Å². The van der Waals surface area contributed by atoms with Gasteiger partial charge in [0.05, 0.1) is 0 Å². The van der Waals surface area contributed by atoms with Crippen LogP contribution in [0.15, 0.2) is 78.9 Å². The molecule has 0 bridgehead atoms. The minimum atomic E-state index is -0.449. The van der Waals surface area contributed by atoms with Crippen LogP contribution in [0.3, 0.4) is 0 Å². The average molecular weight is 342 g/mol. The summed E-state index contributed by atoms with van der Waals surface area (Å²) in [7, 11) is 0. The first-order valence-corrected chi connectivity index (χ1v) is 8.54. The predicted octanol–water partition coefficient (Wildman–Crippen LogP) is 5.27. The topological polar surface area (TPSA) is 46.3 Å². The summed E-state index contributed by atoms with van der Waals surface area (Å²) < 4.78 is 0. The zero-order valence-electron chi connectivity index (χ0n) is 15.0. The van der Waals surface area contributed by atoms with E-state index in [0.29, 0.717) is 0 Å². The van der Waals surface area contributed by atoms with Gasteiger partial charge < -0.3 is 10.6 Å². The van der Waals surface area contributed by atoms with E-state index in [0.717, 1.165) is 22.6 Å². The molecule has 0 radical (unpaired) electrons. The number of amides is 1. The predicted molar refractivity (Wildman–Crippen MR) is 109 cm³/mol. The summed E-state index contributed by atoms with van der Waals surface area (Å²) in [6, 6.07) is 25.0. The molecule has 3 rings (SSSR count). The molecule has 0 saturated heterocycles. The van der Waals surface area contributed by atoms with Gasteiger partial charge in [-0.15, -0.1) is 0 Å². The van der Waals surface area contributed by atoms with Crippen molar-refractivity contribution in [2.24, 2.45) is 5.73 Å². The van der Waals surface area contributed by atoms with Gasteiger partial charge in [0.1, 0.15) is 0 Å². The second kappa shape index (κ2) is 7.70. The Morgan fingerprint density at radius 1 is 0.731 bits per heavy atom. The molecule has 3 nitrogen and oxygen atoms in total. The zero-order chi connectivity index (χ0) is 18.5. The molecule has 3 aromatic carbocycles. The number of anilines is 3. The van der Waals surface area contributed by atoms with Crippen molar-refractivity contribution in [1.29, 1.82) is 0 Å². The molecular formula is C23H22N2O. The number of rotatable bonds is 5. The van der Waals surface area contributed by atoms with E-state index in [4.69, 9.17) is 5.73 Å². The van der Waals surface area contributed by atoms with E-state index in [2.05, 4.69) is 67.3 Å². The van der Waals surface area contributed by atoms with Gasteiger partial charge in [-0.1, -0.05) is 47.5 Å². The highest BCUT2D eigenvalue weighted by Gasteiger charge is 2.11. The van der Waals surface area contributed by atoms with Crippen LogP contribution in [0.25, 0.3) is 6.08 Å². The van der Waals surface area contributed by atoms with Gasteiger partial charge in [0.15, 0.2) is 0 Å². The van der Waals surface area contributed by atoms with E-state index < -0.39 is 5.91 Å². The molecule has 0 aliphatic rings. The van der Waals surface area contributed by atoms with Crippen molar-refractivity contribution in [1.82, 2.24) is 0 Å². The molecule has 3 heteroatoms. The first kappa shape index (κ1) is 17.5. The van der Waals surface area contributed by atoms with Gasteiger partial charge in [-0.2, -0.15) is 0 Å². The van der Waals surface area contributed by atoms with Crippen molar-refractivity contribution in [2.75, 3.05) is 4.90 Å². The molecule has 0 heterocycles. The Bertz CT molecular complexity index is 862. The Labute approximate surface area is 154 Å². The maximum atomic E-state index is 10.9. The van der Waals surface area contributed by atoms with Crippen LogP contribution in [0, 0.1) is 13.8 Å². The van der Waals surface area contributed by atoms with Crippen molar-refractivity contribution in [3.63, 3.8) is 0 Å². The lowest BCUT2D eigenvalue weighted by atomic mass is 10.1. The fraction of sp³-hybridized carbons (Fsp3) is 0.0870. The van der Waals surface area contributed by atoms with Crippen LogP contribution >= 0.6 is 0 Å². The molecular weight excluding hydrogens is 320 g/mol. The highest BCUT2D eigenvalue weighted by molar-refractivity contribution is 5.90. The van der Waals surface area contributed by atoms with Crippen molar-refractivity contribution in [3.8, 4) is 0 Å². The number of carbonyl (C=O) groups excluding carboxylic acids is 1. The van der Waals surface area contributed by atoms with Gasteiger partial charge in [-0.05, 0) is 61.9 Å². The van der Waals surface area contributed by atoms with Crippen LogP contribution in [-0.4, -0.2) is 5.91 Å². The summed E-state index contributed by atoms with van der Waals surface area (Å²) in [6.45, 7) is 4.17. The van der Waals surface area contributed by atoms with Crippen LogP contribution in [-0.2, 0) is 4.79 Å². The second-order valence-corrected chi connectivity index (χ2v) is 6.33. The molecule has 0 spiro atoms. The third kappa shape index (κ3) is 4.19. The zero-order valence-corrected chi connectivity index (χ0v) is 15.0. The standard InChI is InChI=1S/C23H22N2O/c1-17-3-10-20(11-4-17)25(21-12-5-18(2)6-13-21)22-14-7-19(8-15-22)9-16-23(24)26/h3-16H,1-2H3,(H2,24,26)/b16-9-. The summed E-state index contributed by atoms with van der Waals surface area (Å²) in [5.41, 5.74) is 11.8. The third-order valence-corrected chi connectivity index (χ3v) is 4.18. The van der Waals surface area contributed by atoms with Gasteiger partial charge in [0.25, 0.3) is 0 Å². The van der Waals surface area contributed by atoms with Gasteiger partial charge in [0, 0.05) is 23.1 Å². The first-order valence-electron chi connectivity index (χ1n) is 8.54. The van der Waals surface area contributed by atoms with E-state index in [1.165, 1.54) is 17.2 Å². The molecule has 3 aromatic rings. The Kier molecular flexibility index (Phi) is 5.18. The van der Waals surface area contributed by atoms with Crippen molar-refractivity contribution >= 4 is 29.0 Å². The highest BCUT2D eigenvalue weighted by atomic mass is 16.1. The summed E-state index contributed by atoms with van der Waals surface area (Å²) in [4.78, 5) is 13.1. The maximum absolute atomic E-state index is 10.9. The molecule has 26 heavy (non-hydrogen) atoms.